The molecule has 0 aliphatic heterocycles. The molecular formula is C13H7F5O. The van der Waals surface area contributed by atoms with E-state index in [2.05, 4.69) is 0 Å². The van der Waals surface area contributed by atoms with Crippen LogP contribution in [0.5, 0.6) is 0 Å². The molecule has 0 heterocycles. The van der Waals surface area contributed by atoms with E-state index >= 15 is 0 Å². The van der Waals surface area contributed by atoms with E-state index in [0.717, 1.165) is 12.1 Å². The maximum Gasteiger partial charge on any atom is 0.194 e. The van der Waals surface area contributed by atoms with Crippen molar-refractivity contribution < 1.29 is 27.1 Å². The van der Waals surface area contributed by atoms with Crippen LogP contribution in [-0.2, 0) is 0 Å². The second-order valence-corrected chi connectivity index (χ2v) is 3.87. The van der Waals surface area contributed by atoms with Crippen LogP contribution in [0.4, 0.5) is 22.0 Å². The molecule has 1 nitrogen and oxygen atoms in total. The minimum atomic E-state index is -1.73. The fourth-order valence-electron chi connectivity index (χ4n) is 1.64. The molecule has 0 amide bonds. The van der Waals surface area contributed by atoms with Crippen molar-refractivity contribution in [1.29, 1.82) is 0 Å². The van der Waals surface area contributed by atoms with E-state index < -0.39 is 35.2 Å². The highest BCUT2D eigenvalue weighted by molar-refractivity contribution is 5.32. The monoisotopic (exact) mass is 274 g/mol. The smallest absolute Gasteiger partial charge is 0.194 e. The Balaban J connectivity index is 2.47. The summed E-state index contributed by atoms with van der Waals surface area (Å²) in [6.45, 7) is 0. The largest absolute Gasteiger partial charge is 0.384 e. The molecule has 6 heteroatoms. The van der Waals surface area contributed by atoms with Gasteiger partial charge in [-0.15, -0.1) is 0 Å². The molecule has 0 saturated heterocycles. The minimum absolute atomic E-state index is 0.369. The van der Waals surface area contributed by atoms with Gasteiger partial charge in [0.15, 0.2) is 17.5 Å². The molecule has 2 aromatic rings. The number of hydrogen-bond acceptors (Lipinski definition) is 1. The first-order valence-corrected chi connectivity index (χ1v) is 5.17. The van der Waals surface area contributed by atoms with Crippen molar-refractivity contribution in [2.45, 2.75) is 6.10 Å². The molecule has 100 valence electrons. The van der Waals surface area contributed by atoms with Crippen molar-refractivity contribution in [3.63, 3.8) is 0 Å². The summed E-state index contributed by atoms with van der Waals surface area (Å²) in [7, 11) is 0. The minimum Gasteiger partial charge on any atom is -0.384 e. The maximum atomic E-state index is 13.4. The molecule has 1 unspecified atom stereocenters. The van der Waals surface area contributed by atoms with E-state index in [9.17, 15) is 27.1 Å². The highest BCUT2D eigenvalue weighted by Crippen LogP contribution is 2.27. The molecule has 0 aromatic heterocycles. The van der Waals surface area contributed by atoms with Crippen LogP contribution < -0.4 is 0 Å². The van der Waals surface area contributed by atoms with E-state index in [0.29, 0.717) is 18.2 Å². The Labute approximate surface area is 104 Å². The van der Waals surface area contributed by atoms with Crippen LogP contribution in [0.15, 0.2) is 30.3 Å². The topological polar surface area (TPSA) is 20.2 Å². The number of hydrogen-bond donors (Lipinski definition) is 1. The average molecular weight is 274 g/mol. The molecule has 0 spiro atoms. The van der Waals surface area contributed by atoms with Gasteiger partial charge in [-0.3, -0.25) is 0 Å². The normalized spacial score (nSPS) is 12.5. The van der Waals surface area contributed by atoms with Crippen molar-refractivity contribution in [3.8, 4) is 0 Å². The lowest BCUT2D eigenvalue weighted by Gasteiger charge is -2.13. The van der Waals surface area contributed by atoms with Crippen molar-refractivity contribution in [2.75, 3.05) is 0 Å². The standard InChI is InChI=1S/C13H7F5O/c14-7-1-2-8(9(15)5-7)13(19)6-3-10(16)12(18)11(17)4-6/h1-5,13,19H. The highest BCUT2D eigenvalue weighted by Gasteiger charge is 2.19. The number of aliphatic hydroxyl groups excluding tert-OH is 1. The fraction of sp³-hybridized carbons (Fsp3) is 0.0769. The average Bonchev–Trinajstić information content (AvgIpc) is 2.34. The van der Waals surface area contributed by atoms with Gasteiger partial charge in [0.2, 0.25) is 0 Å². The molecule has 0 radical (unpaired) electrons. The summed E-state index contributed by atoms with van der Waals surface area (Å²) in [6, 6.07) is 3.44. The molecule has 19 heavy (non-hydrogen) atoms. The molecule has 1 atom stereocenters. The molecule has 2 rings (SSSR count). The van der Waals surface area contributed by atoms with E-state index in [-0.39, 0.29) is 11.1 Å². The third-order valence-corrected chi connectivity index (χ3v) is 2.58. The Morgan fingerprint density at radius 2 is 1.37 bits per heavy atom. The van der Waals surface area contributed by atoms with Gasteiger partial charge in [0, 0.05) is 11.6 Å². The fourth-order valence-corrected chi connectivity index (χ4v) is 1.64. The van der Waals surface area contributed by atoms with Gasteiger partial charge in [-0.1, -0.05) is 6.07 Å². The van der Waals surface area contributed by atoms with Crippen LogP contribution in [0.1, 0.15) is 17.2 Å². The molecule has 0 saturated carbocycles. The van der Waals surface area contributed by atoms with Crippen LogP contribution in [-0.4, -0.2) is 5.11 Å². The molecule has 2 aromatic carbocycles. The van der Waals surface area contributed by atoms with E-state index in [4.69, 9.17) is 0 Å². The Hall–Kier alpha value is -1.95. The van der Waals surface area contributed by atoms with E-state index in [1.54, 1.807) is 0 Å². The summed E-state index contributed by atoms with van der Waals surface area (Å²) in [5.41, 5.74) is -0.742. The summed E-state index contributed by atoms with van der Waals surface area (Å²) in [5, 5.41) is 9.79. The number of rotatable bonds is 2. The molecule has 0 fully saturated rings. The lowest BCUT2D eigenvalue weighted by Crippen LogP contribution is -2.05. The Morgan fingerprint density at radius 3 is 1.89 bits per heavy atom. The second-order valence-electron chi connectivity index (χ2n) is 3.87. The first-order valence-electron chi connectivity index (χ1n) is 5.17. The SMILES string of the molecule is OC(c1cc(F)c(F)c(F)c1)c1ccc(F)cc1F. The van der Waals surface area contributed by atoms with Gasteiger partial charge >= 0.3 is 0 Å². The van der Waals surface area contributed by atoms with E-state index in [1.807, 2.05) is 0 Å². The zero-order valence-electron chi connectivity index (χ0n) is 9.30. The van der Waals surface area contributed by atoms with Crippen molar-refractivity contribution in [3.05, 3.63) is 70.5 Å². The predicted octanol–water partition coefficient (Wildman–Crippen LogP) is 3.46. The summed E-state index contributed by atoms with van der Waals surface area (Å²) in [6.07, 6.45) is -1.73. The van der Waals surface area contributed by atoms with Gasteiger partial charge in [-0.25, -0.2) is 22.0 Å². The van der Waals surface area contributed by atoms with Crippen LogP contribution in [0.3, 0.4) is 0 Å². The number of benzene rings is 2. The summed E-state index contributed by atoms with van der Waals surface area (Å²) in [4.78, 5) is 0. The Kier molecular flexibility index (Phi) is 3.53. The van der Waals surface area contributed by atoms with Gasteiger partial charge in [0.05, 0.1) is 0 Å². The third-order valence-electron chi connectivity index (χ3n) is 2.58. The lowest BCUT2D eigenvalue weighted by atomic mass is 10.0. The number of halogens is 5. The maximum absolute atomic E-state index is 13.4. The van der Waals surface area contributed by atoms with Crippen LogP contribution >= 0.6 is 0 Å². The molecule has 0 aliphatic rings. The first-order chi connectivity index (χ1) is 8.90. The molecule has 1 N–H and O–H groups in total. The second kappa shape index (κ2) is 4.97. The van der Waals surface area contributed by atoms with E-state index in [1.165, 1.54) is 0 Å². The van der Waals surface area contributed by atoms with Gasteiger partial charge in [0.1, 0.15) is 17.7 Å². The first kappa shape index (κ1) is 13.5. The summed E-state index contributed by atoms with van der Waals surface area (Å²) in [5.74, 6) is -6.62. The molecule has 0 bridgehead atoms. The Bertz CT molecular complexity index is 603. The quantitative estimate of drug-likeness (QED) is 0.656. The van der Waals surface area contributed by atoms with Gasteiger partial charge in [-0.05, 0) is 23.8 Å². The van der Waals surface area contributed by atoms with Crippen LogP contribution in [0.2, 0.25) is 0 Å². The van der Waals surface area contributed by atoms with Crippen LogP contribution in [0.25, 0.3) is 0 Å². The summed E-state index contributed by atoms with van der Waals surface area (Å²) >= 11 is 0. The predicted molar refractivity (Wildman–Crippen MR) is 56.7 cm³/mol. The molecule has 0 aliphatic carbocycles. The molecular weight excluding hydrogens is 267 g/mol. The summed E-state index contributed by atoms with van der Waals surface area (Å²) < 4.78 is 64.9. The van der Waals surface area contributed by atoms with Crippen molar-refractivity contribution >= 4 is 0 Å². The zero-order valence-corrected chi connectivity index (χ0v) is 9.30. The van der Waals surface area contributed by atoms with Crippen LogP contribution in [0, 0.1) is 29.1 Å². The van der Waals surface area contributed by atoms with Gasteiger partial charge < -0.3 is 5.11 Å². The Morgan fingerprint density at radius 1 is 0.789 bits per heavy atom. The number of aliphatic hydroxyl groups is 1. The van der Waals surface area contributed by atoms with Crippen molar-refractivity contribution in [1.82, 2.24) is 0 Å². The highest BCUT2D eigenvalue weighted by atomic mass is 19.2. The van der Waals surface area contributed by atoms with Crippen molar-refractivity contribution in [2.24, 2.45) is 0 Å². The lowest BCUT2D eigenvalue weighted by molar-refractivity contribution is 0.213. The zero-order chi connectivity index (χ0) is 14.2. The third kappa shape index (κ3) is 2.58. The van der Waals surface area contributed by atoms with Gasteiger partial charge in [-0.2, -0.15) is 0 Å². The van der Waals surface area contributed by atoms with Gasteiger partial charge in [0.25, 0.3) is 0 Å².